The number of esters is 1. The molecule has 1 amide bonds. The summed E-state index contributed by atoms with van der Waals surface area (Å²) in [6.45, 7) is -0.485. The van der Waals surface area contributed by atoms with Crippen molar-refractivity contribution in [3.8, 4) is 0 Å². The lowest BCUT2D eigenvalue weighted by atomic mass is 10.2. The summed E-state index contributed by atoms with van der Waals surface area (Å²) < 4.78 is 17.8. The van der Waals surface area contributed by atoms with Crippen molar-refractivity contribution in [2.45, 2.75) is 0 Å². The average molecular weight is 368 g/mol. The first-order valence-corrected chi connectivity index (χ1v) is 7.55. The van der Waals surface area contributed by atoms with Gasteiger partial charge in [-0.25, -0.2) is 9.18 Å². The highest BCUT2D eigenvalue weighted by molar-refractivity contribution is 6.42. The van der Waals surface area contributed by atoms with Crippen molar-refractivity contribution in [2.75, 3.05) is 11.9 Å². The molecule has 0 bridgehead atoms. The average Bonchev–Trinajstić information content (AvgIpc) is 2.54. The van der Waals surface area contributed by atoms with Crippen molar-refractivity contribution in [1.29, 1.82) is 0 Å². The van der Waals surface area contributed by atoms with E-state index in [4.69, 9.17) is 27.9 Å². The topological polar surface area (TPSA) is 55.4 Å². The van der Waals surface area contributed by atoms with Gasteiger partial charge in [0.05, 0.1) is 10.0 Å². The lowest BCUT2D eigenvalue weighted by Gasteiger charge is -2.05. The fourth-order valence-corrected chi connectivity index (χ4v) is 2.03. The van der Waals surface area contributed by atoms with Gasteiger partial charge in [0.15, 0.2) is 6.61 Å². The molecule has 2 aromatic rings. The lowest BCUT2D eigenvalue weighted by Crippen LogP contribution is -2.20. The quantitative estimate of drug-likeness (QED) is 0.632. The Morgan fingerprint density at radius 1 is 1.12 bits per heavy atom. The lowest BCUT2D eigenvalue weighted by molar-refractivity contribution is -0.142. The molecule has 0 unspecified atom stereocenters. The van der Waals surface area contributed by atoms with Gasteiger partial charge in [-0.1, -0.05) is 35.3 Å². The third-order valence-corrected chi connectivity index (χ3v) is 3.55. The Bertz CT molecular complexity index is 793. The number of carbonyl (C=O) groups excluding carboxylic acids is 2. The number of hydrogen-bond donors (Lipinski definition) is 1. The molecule has 0 fully saturated rings. The van der Waals surface area contributed by atoms with Gasteiger partial charge in [-0.3, -0.25) is 4.79 Å². The number of benzene rings is 2. The van der Waals surface area contributed by atoms with Crippen LogP contribution in [0.4, 0.5) is 10.1 Å². The molecule has 0 saturated heterocycles. The fourth-order valence-electron chi connectivity index (χ4n) is 1.73. The predicted octanol–water partition coefficient (Wildman–Crippen LogP) is 4.33. The zero-order valence-corrected chi connectivity index (χ0v) is 13.8. The number of carbonyl (C=O) groups is 2. The highest BCUT2D eigenvalue weighted by Gasteiger charge is 2.06. The van der Waals surface area contributed by atoms with Crippen LogP contribution >= 0.6 is 23.2 Å². The molecule has 0 aliphatic heterocycles. The molecule has 0 aromatic heterocycles. The standard InChI is InChI=1S/C17H12Cl2FNO3/c18-14-6-4-11(8-15(14)19)5-7-17(23)24-10-16(22)21-13-3-1-2-12(20)9-13/h1-9H,10H2,(H,21,22). The molecular weight excluding hydrogens is 356 g/mol. The zero-order valence-electron chi connectivity index (χ0n) is 12.3. The molecule has 7 heteroatoms. The fraction of sp³-hybridized carbons (Fsp3) is 0.0588. The monoisotopic (exact) mass is 367 g/mol. The van der Waals surface area contributed by atoms with Crippen LogP contribution in [0.25, 0.3) is 6.08 Å². The molecule has 0 heterocycles. The predicted molar refractivity (Wildman–Crippen MR) is 91.5 cm³/mol. The van der Waals surface area contributed by atoms with Crippen LogP contribution in [0.2, 0.25) is 10.0 Å². The summed E-state index contributed by atoms with van der Waals surface area (Å²) >= 11 is 11.6. The van der Waals surface area contributed by atoms with Crippen LogP contribution in [-0.4, -0.2) is 18.5 Å². The van der Waals surface area contributed by atoms with Crippen LogP contribution in [-0.2, 0) is 14.3 Å². The van der Waals surface area contributed by atoms with Crippen molar-refractivity contribution in [3.63, 3.8) is 0 Å². The molecule has 0 aliphatic carbocycles. The van der Waals surface area contributed by atoms with Crippen LogP contribution in [0.5, 0.6) is 0 Å². The van der Waals surface area contributed by atoms with Gasteiger partial charge in [0.1, 0.15) is 5.82 Å². The van der Waals surface area contributed by atoms with E-state index in [0.717, 1.165) is 12.1 Å². The van der Waals surface area contributed by atoms with E-state index in [-0.39, 0.29) is 5.69 Å². The van der Waals surface area contributed by atoms with Crippen molar-refractivity contribution in [1.82, 2.24) is 0 Å². The summed E-state index contributed by atoms with van der Waals surface area (Å²) in [5.74, 6) is -1.75. The Labute approximate surface area is 147 Å². The summed E-state index contributed by atoms with van der Waals surface area (Å²) in [6.07, 6.45) is 2.64. The maximum atomic E-state index is 13.0. The maximum absolute atomic E-state index is 13.0. The van der Waals surface area contributed by atoms with Gasteiger partial charge in [0.2, 0.25) is 0 Å². The number of hydrogen-bond acceptors (Lipinski definition) is 3. The number of amides is 1. The molecule has 0 aliphatic rings. The second-order valence-electron chi connectivity index (χ2n) is 4.67. The molecule has 0 saturated carbocycles. The Kier molecular flexibility index (Phi) is 6.35. The van der Waals surface area contributed by atoms with Gasteiger partial charge in [-0.2, -0.15) is 0 Å². The van der Waals surface area contributed by atoms with Gasteiger partial charge >= 0.3 is 5.97 Å². The molecule has 24 heavy (non-hydrogen) atoms. The van der Waals surface area contributed by atoms with E-state index in [2.05, 4.69) is 5.32 Å². The second-order valence-corrected chi connectivity index (χ2v) is 5.49. The van der Waals surface area contributed by atoms with E-state index in [1.165, 1.54) is 24.3 Å². The Morgan fingerprint density at radius 3 is 2.62 bits per heavy atom. The normalized spacial score (nSPS) is 10.6. The van der Waals surface area contributed by atoms with Crippen LogP contribution in [0.15, 0.2) is 48.5 Å². The minimum absolute atomic E-state index is 0.280. The maximum Gasteiger partial charge on any atom is 0.331 e. The summed E-state index contributed by atoms with van der Waals surface area (Å²) in [4.78, 5) is 23.2. The number of halogens is 3. The number of anilines is 1. The highest BCUT2D eigenvalue weighted by atomic mass is 35.5. The molecule has 124 valence electrons. The van der Waals surface area contributed by atoms with Crippen LogP contribution in [0.3, 0.4) is 0 Å². The van der Waals surface area contributed by atoms with Crippen molar-refractivity contribution in [3.05, 3.63) is 70.0 Å². The molecule has 4 nitrogen and oxygen atoms in total. The van der Waals surface area contributed by atoms with Crippen molar-refractivity contribution < 1.29 is 18.7 Å². The van der Waals surface area contributed by atoms with Crippen LogP contribution in [0, 0.1) is 5.82 Å². The van der Waals surface area contributed by atoms with Crippen LogP contribution < -0.4 is 5.32 Å². The highest BCUT2D eigenvalue weighted by Crippen LogP contribution is 2.23. The first-order chi connectivity index (χ1) is 11.4. The molecule has 0 spiro atoms. The van der Waals surface area contributed by atoms with E-state index < -0.39 is 24.3 Å². The Balaban J connectivity index is 1.83. The third kappa shape index (κ3) is 5.68. The van der Waals surface area contributed by atoms with E-state index in [1.807, 2.05) is 0 Å². The molecular formula is C17H12Cl2FNO3. The summed E-state index contributed by atoms with van der Waals surface area (Å²) in [7, 11) is 0. The third-order valence-electron chi connectivity index (χ3n) is 2.81. The summed E-state index contributed by atoms with van der Waals surface area (Å²) in [6, 6.07) is 10.2. The zero-order chi connectivity index (χ0) is 17.5. The molecule has 1 N–H and O–H groups in total. The largest absolute Gasteiger partial charge is 0.452 e. The molecule has 0 atom stereocenters. The molecule has 2 aromatic carbocycles. The number of rotatable bonds is 5. The first kappa shape index (κ1) is 18.0. The van der Waals surface area contributed by atoms with Crippen molar-refractivity contribution in [2.24, 2.45) is 0 Å². The van der Waals surface area contributed by atoms with Crippen LogP contribution in [0.1, 0.15) is 5.56 Å². The first-order valence-electron chi connectivity index (χ1n) is 6.79. The van der Waals surface area contributed by atoms with Gasteiger partial charge < -0.3 is 10.1 Å². The minimum atomic E-state index is -0.699. The van der Waals surface area contributed by atoms with Gasteiger partial charge in [0, 0.05) is 11.8 Å². The Morgan fingerprint density at radius 2 is 1.92 bits per heavy atom. The van der Waals surface area contributed by atoms with Gasteiger partial charge in [-0.05, 0) is 42.0 Å². The van der Waals surface area contributed by atoms with E-state index >= 15 is 0 Å². The smallest absolute Gasteiger partial charge is 0.331 e. The number of nitrogens with one attached hydrogen (secondary N) is 1. The SMILES string of the molecule is O=C(COC(=O)C=Cc1ccc(Cl)c(Cl)c1)Nc1cccc(F)c1. The second kappa shape index (κ2) is 8.47. The molecule has 2 rings (SSSR count). The molecule has 0 radical (unpaired) electrons. The summed E-state index contributed by atoms with van der Waals surface area (Å²) in [5.41, 5.74) is 0.938. The van der Waals surface area contributed by atoms with E-state index in [1.54, 1.807) is 18.2 Å². The van der Waals surface area contributed by atoms with E-state index in [9.17, 15) is 14.0 Å². The minimum Gasteiger partial charge on any atom is -0.452 e. The van der Waals surface area contributed by atoms with Gasteiger partial charge in [-0.15, -0.1) is 0 Å². The van der Waals surface area contributed by atoms with E-state index in [0.29, 0.717) is 15.6 Å². The number of ether oxygens (including phenoxy) is 1. The Hall–Kier alpha value is -2.37. The summed E-state index contributed by atoms with van der Waals surface area (Å²) in [5, 5.41) is 3.18. The van der Waals surface area contributed by atoms with Gasteiger partial charge in [0.25, 0.3) is 5.91 Å². The van der Waals surface area contributed by atoms with Crippen molar-refractivity contribution >= 4 is 46.8 Å².